The van der Waals surface area contributed by atoms with Crippen molar-refractivity contribution in [2.45, 2.75) is 31.7 Å². The molecule has 0 radical (unpaired) electrons. The fourth-order valence-electron chi connectivity index (χ4n) is 3.45. The smallest absolute Gasteiger partial charge is 0.0389 e. The van der Waals surface area contributed by atoms with Crippen molar-refractivity contribution in [3.63, 3.8) is 0 Å². The van der Waals surface area contributed by atoms with E-state index in [4.69, 9.17) is 0 Å². The first-order valence-corrected chi connectivity index (χ1v) is 7.12. The van der Waals surface area contributed by atoms with Gasteiger partial charge in [0.25, 0.3) is 0 Å². The van der Waals surface area contributed by atoms with Gasteiger partial charge in [0.1, 0.15) is 0 Å². The Morgan fingerprint density at radius 2 is 1.79 bits per heavy atom. The molecule has 2 aromatic rings. The molecule has 0 fully saturated rings. The Labute approximate surface area is 115 Å². The van der Waals surface area contributed by atoms with Gasteiger partial charge in [0, 0.05) is 12.0 Å². The number of benzene rings is 2. The van der Waals surface area contributed by atoms with Crippen molar-refractivity contribution >= 4 is 0 Å². The average Bonchev–Trinajstić information content (AvgIpc) is 2.86. The summed E-state index contributed by atoms with van der Waals surface area (Å²) < 4.78 is 0. The van der Waals surface area contributed by atoms with Crippen LogP contribution in [-0.4, -0.2) is 7.05 Å². The molecule has 1 heteroatoms. The molecule has 0 spiro atoms. The minimum absolute atomic E-state index is 0.421. The van der Waals surface area contributed by atoms with E-state index in [1.165, 1.54) is 35.1 Å². The first-order chi connectivity index (χ1) is 9.31. The SMILES string of the molecule is CNC(c1ccccc1C)C1CCc2ccccc21. The van der Waals surface area contributed by atoms with Crippen molar-refractivity contribution in [3.8, 4) is 0 Å². The summed E-state index contributed by atoms with van der Waals surface area (Å²) in [7, 11) is 2.08. The zero-order valence-electron chi connectivity index (χ0n) is 11.7. The highest BCUT2D eigenvalue weighted by atomic mass is 14.9. The lowest BCUT2D eigenvalue weighted by Gasteiger charge is -2.26. The molecule has 98 valence electrons. The molecule has 1 aliphatic carbocycles. The summed E-state index contributed by atoms with van der Waals surface area (Å²) in [6.45, 7) is 2.21. The van der Waals surface area contributed by atoms with Crippen LogP contribution in [-0.2, 0) is 6.42 Å². The monoisotopic (exact) mass is 251 g/mol. The summed E-state index contributed by atoms with van der Waals surface area (Å²) in [6, 6.07) is 18.1. The molecule has 19 heavy (non-hydrogen) atoms. The van der Waals surface area contributed by atoms with Crippen LogP contribution in [0.3, 0.4) is 0 Å². The van der Waals surface area contributed by atoms with E-state index in [1.54, 1.807) is 0 Å². The van der Waals surface area contributed by atoms with Crippen molar-refractivity contribution in [3.05, 3.63) is 70.8 Å². The Bertz CT molecular complexity index is 573. The fourth-order valence-corrected chi connectivity index (χ4v) is 3.45. The van der Waals surface area contributed by atoms with E-state index >= 15 is 0 Å². The van der Waals surface area contributed by atoms with Crippen LogP contribution < -0.4 is 5.32 Å². The van der Waals surface area contributed by atoms with Gasteiger partial charge >= 0.3 is 0 Å². The van der Waals surface area contributed by atoms with Gasteiger partial charge in [-0.25, -0.2) is 0 Å². The molecule has 2 atom stereocenters. The molecule has 0 saturated carbocycles. The standard InChI is InChI=1S/C18H21N/c1-13-7-3-5-9-15(13)18(19-2)17-12-11-14-8-4-6-10-16(14)17/h3-10,17-19H,11-12H2,1-2H3. The lowest BCUT2D eigenvalue weighted by atomic mass is 9.86. The van der Waals surface area contributed by atoms with Crippen molar-refractivity contribution < 1.29 is 0 Å². The maximum Gasteiger partial charge on any atom is 0.0389 e. The topological polar surface area (TPSA) is 12.0 Å². The van der Waals surface area contributed by atoms with Crippen LogP contribution in [0, 0.1) is 6.92 Å². The molecule has 0 saturated heterocycles. The quantitative estimate of drug-likeness (QED) is 0.870. The Kier molecular flexibility index (Phi) is 3.39. The molecule has 2 aromatic carbocycles. The number of nitrogens with one attached hydrogen (secondary N) is 1. The van der Waals surface area contributed by atoms with Gasteiger partial charge in [0.15, 0.2) is 0 Å². The molecular formula is C18H21N. The van der Waals surface area contributed by atoms with Gasteiger partial charge in [-0.2, -0.15) is 0 Å². The van der Waals surface area contributed by atoms with Gasteiger partial charge in [-0.1, -0.05) is 48.5 Å². The van der Waals surface area contributed by atoms with Crippen molar-refractivity contribution in [1.29, 1.82) is 0 Å². The molecular weight excluding hydrogens is 230 g/mol. The third-order valence-corrected chi connectivity index (χ3v) is 4.42. The molecule has 0 aliphatic heterocycles. The number of hydrogen-bond acceptors (Lipinski definition) is 1. The van der Waals surface area contributed by atoms with Crippen LogP contribution in [0.25, 0.3) is 0 Å². The van der Waals surface area contributed by atoms with Crippen molar-refractivity contribution in [1.82, 2.24) is 5.32 Å². The van der Waals surface area contributed by atoms with E-state index in [2.05, 4.69) is 67.8 Å². The van der Waals surface area contributed by atoms with E-state index in [1.807, 2.05) is 0 Å². The number of fused-ring (bicyclic) bond motifs is 1. The highest BCUT2D eigenvalue weighted by Crippen LogP contribution is 2.41. The van der Waals surface area contributed by atoms with Crippen LogP contribution >= 0.6 is 0 Å². The van der Waals surface area contributed by atoms with Gasteiger partial charge in [-0.05, 0) is 49.1 Å². The Morgan fingerprint density at radius 3 is 2.58 bits per heavy atom. The minimum Gasteiger partial charge on any atom is -0.312 e. The Morgan fingerprint density at radius 1 is 1.05 bits per heavy atom. The minimum atomic E-state index is 0.421. The van der Waals surface area contributed by atoms with Crippen LogP contribution in [0.1, 0.15) is 40.6 Å². The zero-order valence-corrected chi connectivity index (χ0v) is 11.7. The Hall–Kier alpha value is -1.60. The van der Waals surface area contributed by atoms with Crippen molar-refractivity contribution in [2.75, 3.05) is 7.05 Å². The molecule has 0 aromatic heterocycles. The van der Waals surface area contributed by atoms with E-state index in [9.17, 15) is 0 Å². The number of rotatable bonds is 3. The second-order valence-electron chi connectivity index (χ2n) is 5.47. The van der Waals surface area contributed by atoms with Crippen LogP contribution in [0.2, 0.25) is 0 Å². The maximum atomic E-state index is 3.54. The van der Waals surface area contributed by atoms with E-state index in [0.717, 1.165) is 0 Å². The van der Waals surface area contributed by atoms with Crippen LogP contribution in [0.4, 0.5) is 0 Å². The number of likely N-dealkylation sites (N-methyl/N-ethyl adjacent to an activating group) is 1. The molecule has 0 heterocycles. The molecule has 0 amide bonds. The first kappa shape index (κ1) is 12.4. The number of aryl methyl sites for hydroxylation is 2. The summed E-state index contributed by atoms with van der Waals surface area (Å²) in [5.41, 5.74) is 5.88. The van der Waals surface area contributed by atoms with Crippen LogP contribution in [0.15, 0.2) is 48.5 Å². The molecule has 2 unspecified atom stereocenters. The summed E-state index contributed by atoms with van der Waals surface area (Å²) >= 11 is 0. The summed E-state index contributed by atoms with van der Waals surface area (Å²) in [4.78, 5) is 0. The fraction of sp³-hybridized carbons (Fsp3) is 0.333. The molecule has 1 aliphatic rings. The molecule has 1 nitrogen and oxygen atoms in total. The Balaban J connectivity index is 1.99. The maximum absolute atomic E-state index is 3.54. The number of hydrogen-bond donors (Lipinski definition) is 1. The summed E-state index contributed by atoms with van der Waals surface area (Å²) in [5.74, 6) is 0.599. The summed E-state index contributed by atoms with van der Waals surface area (Å²) in [5, 5.41) is 3.54. The van der Waals surface area contributed by atoms with E-state index in [-0.39, 0.29) is 0 Å². The van der Waals surface area contributed by atoms with Gasteiger partial charge in [-0.15, -0.1) is 0 Å². The van der Waals surface area contributed by atoms with Crippen LogP contribution in [0.5, 0.6) is 0 Å². The molecule has 3 rings (SSSR count). The van der Waals surface area contributed by atoms with Gasteiger partial charge < -0.3 is 5.32 Å². The van der Waals surface area contributed by atoms with Gasteiger partial charge in [0.05, 0.1) is 0 Å². The molecule has 1 N–H and O–H groups in total. The predicted octanol–water partition coefficient (Wildman–Crippen LogP) is 3.99. The van der Waals surface area contributed by atoms with Gasteiger partial charge in [-0.3, -0.25) is 0 Å². The normalized spacial score (nSPS) is 19.2. The second kappa shape index (κ2) is 5.18. The van der Waals surface area contributed by atoms with Gasteiger partial charge in [0.2, 0.25) is 0 Å². The van der Waals surface area contributed by atoms with E-state index < -0.39 is 0 Å². The third-order valence-electron chi connectivity index (χ3n) is 4.42. The second-order valence-corrected chi connectivity index (χ2v) is 5.47. The zero-order chi connectivity index (χ0) is 13.2. The largest absolute Gasteiger partial charge is 0.312 e. The highest BCUT2D eigenvalue weighted by Gasteiger charge is 2.30. The lowest BCUT2D eigenvalue weighted by Crippen LogP contribution is -2.23. The highest BCUT2D eigenvalue weighted by molar-refractivity contribution is 5.40. The van der Waals surface area contributed by atoms with E-state index in [0.29, 0.717) is 12.0 Å². The first-order valence-electron chi connectivity index (χ1n) is 7.12. The third kappa shape index (κ3) is 2.19. The lowest BCUT2D eigenvalue weighted by molar-refractivity contribution is 0.475. The molecule has 0 bridgehead atoms. The summed E-state index contributed by atoms with van der Waals surface area (Å²) in [6.07, 6.45) is 2.46. The predicted molar refractivity (Wildman–Crippen MR) is 80.5 cm³/mol. The van der Waals surface area contributed by atoms with Crippen molar-refractivity contribution in [2.24, 2.45) is 0 Å². The average molecular weight is 251 g/mol.